The molecule has 1 aromatic carbocycles. The summed E-state index contributed by atoms with van der Waals surface area (Å²) in [5.74, 6) is 3.26. The van der Waals surface area contributed by atoms with Crippen LogP contribution in [0.1, 0.15) is 39.5 Å². The van der Waals surface area contributed by atoms with Gasteiger partial charge in [-0.3, -0.25) is 4.99 Å². The smallest absolute Gasteiger partial charge is 0.195 e. The topological polar surface area (TPSA) is 54.9 Å². The minimum absolute atomic E-state index is 0.513. The molecule has 2 aliphatic rings. The van der Waals surface area contributed by atoms with E-state index in [0.717, 1.165) is 42.2 Å². The van der Waals surface area contributed by atoms with Gasteiger partial charge in [-0.2, -0.15) is 0 Å². The summed E-state index contributed by atoms with van der Waals surface area (Å²) in [7, 11) is 1.66. The highest BCUT2D eigenvalue weighted by Gasteiger charge is 2.53. The highest BCUT2D eigenvalue weighted by atomic mass is 16.5. The average molecular weight is 331 g/mol. The fourth-order valence-corrected chi connectivity index (χ4v) is 3.25. The minimum Gasteiger partial charge on any atom is -0.493 e. The van der Waals surface area contributed by atoms with Crippen LogP contribution in [0.5, 0.6) is 11.5 Å². The van der Waals surface area contributed by atoms with Crippen molar-refractivity contribution in [3.8, 4) is 11.5 Å². The van der Waals surface area contributed by atoms with Gasteiger partial charge in [-0.15, -0.1) is 0 Å². The van der Waals surface area contributed by atoms with E-state index in [-0.39, 0.29) is 0 Å². The van der Waals surface area contributed by atoms with Crippen molar-refractivity contribution in [2.75, 3.05) is 32.1 Å². The van der Waals surface area contributed by atoms with Crippen molar-refractivity contribution < 1.29 is 9.47 Å². The molecular formula is C19H29N3O2. The van der Waals surface area contributed by atoms with Crippen LogP contribution in [-0.2, 0) is 0 Å². The van der Waals surface area contributed by atoms with Crippen LogP contribution in [0, 0.1) is 11.3 Å². The molecule has 0 saturated heterocycles. The summed E-state index contributed by atoms with van der Waals surface area (Å²) in [6, 6.07) is 5.88. The van der Waals surface area contributed by atoms with Crippen molar-refractivity contribution in [3.63, 3.8) is 0 Å². The molecule has 0 unspecified atom stereocenters. The van der Waals surface area contributed by atoms with Crippen LogP contribution in [0.2, 0.25) is 0 Å². The molecule has 3 rings (SSSR count). The second-order valence-corrected chi connectivity index (χ2v) is 6.76. The number of ether oxygens (including phenoxy) is 2. The molecule has 0 radical (unpaired) electrons. The summed E-state index contributed by atoms with van der Waals surface area (Å²) in [6.07, 6.45) is 5.49. The number of aliphatic imine (C=N–C) groups is 1. The van der Waals surface area contributed by atoms with Crippen molar-refractivity contribution in [2.24, 2.45) is 16.3 Å². The molecule has 2 aliphatic carbocycles. The van der Waals surface area contributed by atoms with E-state index < -0.39 is 0 Å². The summed E-state index contributed by atoms with van der Waals surface area (Å²) in [5, 5.41) is 6.72. The molecule has 0 spiro atoms. The van der Waals surface area contributed by atoms with Crippen molar-refractivity contribution in [1.82, 2.24) is 5.32 Å². The number of anilines is 1. The summed E-state index contributed by atoms with van der Waals surface area (Å²) in [5.41, 5.74) is 1.46. The third-order valence-electron chi connectivity index (χ3n) is 4.96. The van der Waals surface area contributed by atoms with E-state index >= 15 is 0 Å². The lowest BCUT2D eigenvalue weighted by Gasteiger charge is -2.16. The summed E-state index contributed by atoms with van der Waals surface area (Å²) < 4.78 is 11.0. The van der Waals surface area contributed by atoms with Crippen molar-refractivity contribution in [2.45, 2.75) is 39.5 Å². The maximum absolute atomic E-state index is 5.57. The van der Waals surface area contributed by atoms with Gasteiger partial charge < -0.3 is 20.1 Å². The van der Waals surface area contributed by atoms with Gasteiger partial charge in [0.05, 0.1) is 13.7 Å². The second-order valence-electron chi connectivity index (χ2n) is 6.76. The van der Waals surface area contributed by atoms with E-state index in [2.05, 4.69) is 17.6 Å². The van der Waals surface area contributed by atoms with E-state index in [1.165, 1.54) is 25.7 Å². The molecular weight excluding hydrogens is 302 g/mol. The summed E-state index contributed by atoms with van der Waals surface area (Å²) in [6.45, 7) is 6.45. The van der Waals surface area contributed by atoms with Crippen LogP contribution in [0.15, 0.2) is 23.2 Å². The number of hydrogen-bond donors (Lipinski definition) is 2. The number of nitrogens with zero attached hydrogens (tertiary/aromatic N) is 1. The molecule has 2 N–H and O–H groups in total. The number of nitrogens with one attached hydrogen (secondary N) is 2. The zero-order chi connectivity index (χ0) is 17.0. The van der Waals surface area contributed by atoms with Gasteiger partial charge in [0.15, 0.2) is 17.5 Å². The maximum Gasteiger partial charge on any atom is 0.195 e. The molecule has 132 valence electrons. The fraction of sp³-hybridized carbons (Fsp3) is 0.632. The third kappa shape index (κ3) is 3.94. The molecule has 0 heterocycles. The lowest BCUT2D eigenvalue weighted by Crippen LogP contribution is -2.31. The second kappa shape index (κ2) is 7.32. The van der Waals surface area contributed by atoms with Gasteiger partial charge in [0, 0.05) is 24.8 Å². The Labute approximate surface area is 144 Å². The van der Waals surface area contributed by atoms with Gasteiger partial charge >= 0.3 is 0 Å². The third-order valence-corrected chi connectivity index (χ3v) is 4.96. The van der Waals surface area contributed by atoms with Crippen LogP contribution in [-0.4, -0.2) is 32.8 Å². The molecule has 0 atom stereocenters. The number of benzene rings is 1. The van der Waals surface area contributed by atoms with Crippen LogP contribution in [0.3, 0.4) is 0 Å². The Morgan fingerprint density at radius 2 is 2.04 bits per heavy atom. The molecule has 0 amide bonds. The van der Waals surface area contributed by atoms with Gasteiger partial charge in [-0.1, -0.05) is 0 Å². The van der Waals surface area contributed by atoms with Crippen molar-refractivity contribution in [3.05, 3.63) is 18.2 Å². The van der Waals surface area contributed by atoms with Crippen LogP contribution < -0.4 is 20.1 Å². The fourth-order valence-electron chi connectivity index (χ4n) is 3.25. The van der Waals surface area contributed by atoms with Gasteiger partial charge in [-0.05, 0) is 63.0 Å². The first-order chi connectivity index (χ1) is 11.7. The quantitative estimate of drug-likeness (QED) is 0.564. The molecule has 5 nitrogen and oxygen atoms in total. The average Bonchev–Trinajstić information content (AvgIpc) is 3.47. The number of guanidine groups is 1. The first kappa shape index (κ1) is 16.9. The van der Waals surface area contributed by atoms with Crippen molar-refractivity contribution >= 4 is 11.6 Å². The molecule has 2 fully saturated rings. The maximum atomic E-state index is 5.57. The molecule has 2 saturated carbocycles. The molecule has 5 heteroatoms. The SMILES string of the molecule is CCNC(=NCC1(C2CC2)CC1)Nc1ccc(OCC)c(OC)c1. The lowest BCUT2D eigenvalue weighted by atomic mass is 10.0. The molecule has 24 heavy (non-hydrogen) atoms. The van der Waals surface area contributed by atoms with Crippen LogP contribution in [0.4, 0.5) is 5.69 Å². The van der Waals surface area contributed by atoms with E-state index in [4.69, 9.17) is 14.5 Å². The Kier molecular flexibility index (Phi) is 5.17. The van der Waals surface area contributed by atoms with E-state index in [9.17, 15) is 0 Å². The Balaban J connectivity index is 1.68. The Morgan fingerprint density at radius 1 is 1.25 bits per heavy atom. The monoisotopic (exact) mass is 331 g/mol. The van der Waals surface area contributed by atoms with Crippen LogP contribution in [0.25, 0.3) is 0 Å². The highest BCUT2D eigenvalue weighted by molar-refractivity contribution is 5.94. The standard InChI is InChI=1S/C19H29N3O2/c1-4-20-18(21-13-19(10-11-19)14-6-7-14)22-15-8-9-16(24-5-2)17(12-15)23-3/h8-9,12,14H,4-7,10-11,13H2,1-3H3,(H2,20,21,22). The zero-order valence-electron chi connectivity index (χ0n) is 15.0. The Bertz CT molecular complexity index is 592. The number of hydrogen-bond acceptors (Lipinski definition) is 3. The van der Waals surface area contributed by atoms with Crippen molar-refractivity contribution in [1.29, 1.82) is 0 Å². The Hall–Kier alpha value is -1.91. The normalized spacial score (nSPS) is 18.9. The highest BCUT2D eigenvalue weighted by Crippen LogP contribution is 2.61. The molecule has 0 aromatic heterocycles. The predicted octanol–water partition coefficient (Wildman–Crippen LogP) is 3.66. The first-order valence-corrected chi connectivity index (χ1v) is 9.07. The number of rotatable bonds is 8. The summed E-state index contributed by atoms with van der Waals surface area (Å²) in [4.78, 5) is 4.84. The zero-order valence-corrected chi connectivity index (χ0v) is 15.0. The lowest BCUT2D eigenvalue weighted by molar-refractivity contribution is 0.311. The number of methoxy groups -OCH3 is 1. The summed E-state index contributed by atoms with van der Waals surface area (Å²) >= 11 is 0. The Morgan fingerprint density at radius 3 is 2.62 bits per heavy atom. The largest absolute Gasteiger partial charge is 0.493 e. The van der Waals surface area contributed by atoms with Gasteiger partial charge in [-0.25, -0.2) is 0 Å². The molecule has 0 bridgehead atoms. The van der Waals surface area contributed by atoms with Gasteiger partial charge in [0.2, 0.25) is 0 Å². The van der Waals surface area contributed by atoms with E-state index in [1.807, 2.05) is 25.1 Å². The van der Waals surface area contributed by atoms with Gasteiger partial charge in [0.25, 0.3) is 0 Å². The van der Waals surface area contributed by atoms with E-state index in [0.29, 0.717) is 12.0 Å². The minimum atomic E-state index is 0.513. The molecule has 0 aliphatic heterocycles. The first-order valence-electron chi connectivity index (χ1n) is 9.07. The molecule has 1 aromatic rings. The van der Waals surface area contributed by atoms with Gasteiger partial charge in [0.1, 0.15) is 0 Å². The van der Waals surface area contributed by atoms with Crippen LogP contribution >= 0.6 is 0 Å². The van der Waals surface area contributed by atoms with E-state index in [1.54, 1.807) is 7.11 Å². The predicted molar refractivity (Wildman–Crippen MR) is 98.2 cm³/mol.